The fourth-order valence-corrected chi connectivity index (χ4v) is 2.13. The van der Waals surface area contributed by atoms with E-state index in [1.807, 2.05) is 11.3 Å². The van der Waals surface area contributed by atoms with Crippen LogP contribution >= 0.6 is 11.3 Å². The van der Waals surface area contributed by atoms with Gasteiger partial charge in [-0.2, -0.15) is 0 Å². The second-order valence-corrected chi connectivity index (χ2v) is 4.34. The zero-order valence-corrected chi connectivity index (χ0v) is 8.10. The van der Waals surface area contributed by atoms with Gasteiger partial charge in [-0.1, -0.05) is 6.07 Å². The van der Waals surface area contributed by atoms with Gasteiger partial charge in [-0.15, -0.1) is 11.3 Å². The van der Waals surface area contributed by atoms with Crippen LogP contribution < -0.4 is 5.32 Å². The summed E-state index contributed by atoms with van der Waals surface area (Å²) in [5.41, 5.74) is 0. The zero-order chi connectivity index (χ0) is 8.39. The van der Waals surface area contributed by atoms with Crippen LogP contribution in [-0.2, 0) is 6.54 Å². The molecule has 0 radical (unpaired) electrons. The molecule has 1 aliphatic rings. The highest BCUT2D eigenvalue weighted by Gasteiger charge is 2.21. The number of hydrogen-bond donors (Lipinski definition) is 1. The third kappa shape index (κ3) is 1.68. The fourth-order valence-electron chi connectivity index (χ4n) is 1.36. The molecule has 1 aromatic rings. The van der Waals surface area contributed by atoms with Crippen LogP contribution in [0.1, 0.15) is 4.88 Å². The lowest BCUT2D eigenvalue weighted by atomic mass is 10.1. The standard InChI is InChI=1S/C9H14N2S/c1-11(8-5-10-6-8)7-9-3-2-4-12-9/h2-4,8,10H,5-7H2,1H3. The summed E-state index contributed by atoms with van der Waals surface area (Å²) in [5.74, 6) is 0. The van der Waals surface area contributed by atoms with E-state index in [4.69, 9.17) is 0 Å². The highest BCUT2D eigenvalue weighted by Crippen LogP contribution is 2.13. The van der Waals surface area contributed by atoms with Crippen molar-refractivity contribution in [2.45, 2.75) is 12.6 Å². The quantitative estimate of drug-likeness (QED) is 0.754. The van der Waals surface area contributed by atoms with Crippen molar-refractivity contribution < 1.29 is 0 Å². The first-order valence-corrected chi connectivity index (χ1v) is 5.17. The van der Waals surface area contributed by atoms with Crippen LogP contribution in [0.15, 0.2) is 17.5 Å². The Morgan fingerprint density at radius 2 is 2.50 bits per heavy atom. The summed E-state index contributed by atoms with van der Waals surface area (Å²) >= 11 is 1.84. The van der Waals surface area contributed by atoms with Crippen molar-refractivity contribution in [3.05, 3.63) is 22.4 Å². The lowest BCUT2D eigenvalue weighted by Gasteiger charge is -2.35. The molecule has 12 heavy (non-hydrogen) atoms. The van der Waals surface area contributed by atoms with Crippen molar-refractivity contribution in [2.24, 2.45) is 0 Å². The highest BCUT2D eigenvalue weighted by atomic mass is 32.1. The van der Waals surface area contributed by atoms with Crippen LogP contribution in [0.25, 0.3) is 0 Å². The van der Waals surface area contributed by atoms with Crippen molar-refractivity contribution in [2.75, 3.05) is 20.1 Å². The molecule has 0 aliphatic carbocycles. The van der Waals surface area contributed by atoms with Gasteiger partial charge in [0.2, 0.25) is 0 Å². The van der Waals surface area contributed by atoms with Crippen molar-refractivity contribution in [1.82, 2.24) is 10.2 Å². The van der Waals surface area contributed by atoms with E-state index in [2.05, 4.69) is 34.8 Å². The normalized spacial score (nSPS) is 18.2. The first-order chi connectivity index (χ1) is 5.86. The summed E-state index contributed by atoms with van der Waals surface area (Å²) in [7, 11) is 2.20. The summed E-state index contributed by atoms with van der Waals surface area (Å²) in [4.78, 5) is 3.88. The minimum atomic E-state index is 0.757. The lowest BCUT2D eigenvalue weighted by molar-refractivity contribution is 0.174. The van der Waals surface area contributed by atoms with Crippen molar-refractivity contribution in [3.8, 4) is 0 Å². The molecule has 1 saturated heterocycles. The van der Waals surface area contributed by atoms with Crippen LogP contribution in [0.5, 0.6) is 0 Å². The van der Waals surface area contributed by atoms with Crippen molar-refractivity contribution >= 4 is 11.3 Å². The molecule has 3 heteroatoms. The minimum Gasteiger partial charge on any atom is -0.314 e. The van der Waals surface area contributed by atoms with Gasteiger partial charge in [-0.05, 0) is 18.5 Å². The molecule has 0 aromatic carbocycles. The molecule has 2 heterocycles. The Kier molecular flexibility index (Phi) is 2.44. The van der Waals surface area contributed by atoms with Gasteiger partial charge in [0, 0.05) is 30.6 Å². The molecular weight excluding hydrogens is 168 g/mol. The summed E-state index contributed by atoms with van der Waals surface area (Å²) < 4.78 is 0. The molecule has 2 nitrogen and oxygen atoms in total. The molecule has 0 atom stereocenters. The van der Waals surface area contributed by atoms with Gasteiger partial charge in [0.1, 0.15) is 0 Å². The molecule has 0 spiro atoms. The van der Waals surface area contributed by atoms with E-state index in [0.717, 1.165) is 25.7 Å². The molecule has 1 N–H and O–H groups in total. The van der Waals surface area contributed by atoms with Crippen LogP contribution in [0, 0.1) is 0 Å². The van der Waals surface area contributed by atoms with E-state index < -0.39 is 0 Å². The van der Waals surface area contributed by atoms with Gasteiger partial charge >= 0.3 is 0 Å². The molecule has 2 rings (SSSR count). The van der Waals surface area contributed by atoms with Crippen molar-refractivity contribution in [3.63, 3.8) is 0 Å². The second kappa shape index (κ2) is 3.56. The smallest absolute Gasteiger partial charge is 0.0346 e. The SMILES string of the molecule is CN(Cc1cccs1)C1CNC1. The molecule has 0 bridgehead atoms. The number of nitrogens with one attached hydrogen (secondary N) is 1. The van der Waals surface area contributed by atoms with Crippen LogP contribution in [0.2, 0.25) is 0 Å². The van der Waals surface area contributed by atoms with Gasteiger partial charge < -0.3 is 5.32 Å². The molecule has 0 unspecified atom stereocenters. The van der Waals surface area contributed by atoms with E-state index in [1.54, 1.807) is 0 Å². The summed E-state index contributed by atoms with van der Waals surface area (Å²) in [5, 5.41) is 5.42. The van der Waals surface area contributed by atoms with Crippen molar-refractivity contribution in [1.29, 1.82) is 0 Å². The fraction of sp³-hybridized carbons (Fsp3) is 0.556. The summed E-state index contributed by atoms with van der Waals surface area (Å²) in [6.45, 7) is 3.41. The van der Waals surface area contributed by atoms with E-state index in [9.17, 15) is 0 Å². The van der Waals surface area contributed by atoms with E-state index >= 15 is 0 Å². The largest absolute Gasteiger partial charge is 0.314 e. The number of nitrogens with zero attached hydrogens (tertiary/aromatic N) is 1. The van der Waals surface area contributed by atoms with Crippen LogP contribution in [0.3, 0.4) is 0 Å². The number of likely N-dealkylation sites (N-methyl/N-ethyl adjacent to an activating group) is 1. The predicted molar refractivity (Wildman–Crippen MR) is 52.4 cm³/mol. The molecular formula is C9H14N2S. The average Bonchev–Trinajstić information content (AvgIpc) is 2.34. The van der Waals surface area contributed by atoms with Gasteiger partial charge in [0.05, 0.1) is 0 Å². The predicted octanol–water partition coefficient (Wildman–Crippen LogP) is 1.15. The van der Waals surface area contributed by atoms with Gasteiger partial charge in [-0.25, -0.2) is 0 Å². The van der Waals surface area contributed by atoms with Gasteiger partial charge in [0.25, 0.3) is 0 Å². The minimum absolute atomic E-state index is 0.757. The monoisotopic (exact) mass is 182 g/mol. The maximum absolute atomic E-state index is 3.28. The molecule has 1 aliphatic heterocycles. The zero-order valence-electron chi connectivity index (χ0n) is 7.29. The molecule has 1 aromatic heterocycles. The van der Waals surface area contributed by atoms with E-state index in [0.29, 0.717) is 0 Å². The number of hydrogen-bond acceptors (Lipinski definition) is 3. The van der Waals surface area contributed by atoms with Gasteiger partial charge in [-0.3, -0.25) is 4.90 Å². The molecule has 1 fully saturated rings. The maximum atomic E-state index is 3.28. The Morgan fingerprint density at radius 3 is 3.00 bits per heavy atom. The van der Waals surface area contributed by atoms with Crippen LogP contribution in [-0.4, -0.2) is 31.1 Å². The molecule has 66 valence electrons. The number of thiophene rings is 1. The topological polar surface area (TPSA) is 15.3 Å². The third-order valence-electron chi connectivity index (χ3n) is 2.37. The van der Waals surface area contributed by atoms with E-state index in [1.165, 1.54) is 4.88 Å². The molecule has 0 saturated carbocycles. The third-order valence-corrected chi connectivity index (χ3v) is 3.23. The maximum Gasteiger partial charge on any atom is 0.0346 e. The summed E-state index contributed by atoms with van der Waals surface area (Å²) in [6, 6.07) is 5.08. The average molecular weight is 182 g/mol. The Hall–Kier alpha value is -0.380. The highest BCUT2D eigenvalue weighted by molar-refractivity contribution is 7.09. The Morgan fingerprint density at radius 1 is 1.67 bits per heavy atom. The first kappa shape index (κ1) is 8.23. The Balaban J connectivity index is 1.86. The number of rotatable bonds is 3. The lowest BCUT2D eigenvalue weighted by Crippen LogP contribution is -2.55. The summed E-state index contributed by atoms with van der Waals surface area (Å²) in [6.07, 6.45) is 0. The van der Waals surface area contributed by atoms with Gasteiger partial charge in [0.15, 0.2) is 0 Å². The first-order valence-electron chi connectivity index (χ1n) is 4.29. The second-order valence-electron chi connectivity index (χ2n) is 3.31. The Bertz CT molecular complexity index is 229. The molecule has 0 amide bonds. The van der Waals surface area contributed by atoms with Crippen LogP contribution in [0.4, 0.5) is 0 Å². The van der Waals surface area contributed by atoms with E-state index in [-0.39, 0.29) is 0 Å². The Labute approximate surface area is 77.2 Å².